The van der Waals surface area contributed by atoms with E-state index < -0.39 is 8.07 Å². The van der Waals surface area contributed by atoms with E-state index in [4.69, 9.17) is 4.74 Å². The molecular weight excluding hydrogens is 315 g/mol. The molecule has 0 bridgehead atoms. The highest BCUT2D eigenvalue weighted by Gasteiger charge is 2.31. The molecule has 2 atom stereocenters. The summed E-state index contributed by atoms with van der Waals surface area (Å²) < 4.78 is 6.38. The Kier molecular flexibility index (Phi) is 8.55. The Labute approximate surface area is 111 Å². The third-order valence-corrected chi connectivity index (χ3v) is 11.2. The Morgan fingerprint density at radius 1 is 1.13 bits per heavy atom. The van der Waals surface area contributed by atoms with Crippen LogP contribution in [-0.2, 0) is 4.74 Å². The molecule has 0 aliphatic rings. The molecule has 0 aromatic heterocycles. The molecule has 0 spiro atoms. The highest BCUT2D eigenvalue weighted by molar-refractivity contribution is 14.1. The van der Waals surface area contributed by atoms with Gasteiger partial charge in [-0.3, -0.25) is 0 Å². The number of ether oxygens (including phenoxy) is 1. The van der Waals surface area contributed by atoms with Crippen LogP contribution in [0.2, 0.25) is 19.6 Å². The first-order valence-corrected chi connectivity index (χ1v) is 10.9. The smallest absolute Gasteiger partial charge is 0.0663 e. The predicted molar refractivity (Wildman–Crippen MR) is 80.7 cm³/mol. The van der Waals surface area contributed by atoms with Gasteiger partial charge in [-0.2, -0.15) is 0 Å². The van der Waals surface area contributed by atoms with E-state index in [9.17, 15) is 0 Å². The molecule has 0 saturated heterocycles. The Morgan fingerprint density at radius 3 is 2.13 bits per heavy atom. The molecule has 15 heavy (non-hydrogen) atoms. The fraction of sp³-hybridized carbons (Fsp3) is 1.00. The molecule has 0 saturated carbocycles. The van der Waals surface area contributed by atoms with Crippen molar-refractivity contribution in [2.75, 3.05) is 7.11 Å². The number of alkyl halides is 1. The zero-order valence-electron chi connectivity index (χ0n) is 11.0. The minimum Gasteiger partial charge on any atom is -0.381 e. The molecule has 0 unspecified atom stereocenters. The third kappa shape index (κ3) is 6.95. The summed E-state index contributed by atoms with van der Waals surface area (Å²) in [5.74, 6) is 0. The van der Waals surface area contributed by atoms with Gasteiger partial charge in [0.25, 0.3) is 0 Å². The molecule has 0 aromatic rings. The summed E-state index contributed by atoms with van der Waals surface area (Å²) in [6.45, 7) is 9.56. The van der Waals surface area contributed by atoms with Crippen LogP contribution in [0.5, 0.6) is 0 Å². The van der Waals surface area contributed by atoms with E-state index >= 15 is 0 Å². The van der Waals surface area contributed by atoms with E-state index in [1.807, 2.05) is 7.11 Å². The van der Waals surface area contributed by atoms with Crippen molar-refractivity contribution in [2.24, 2.45) is 0 Å². The van der Waals surface area contributed by atoms with Gasteiger partial charge in [-0.05, 0) is 6.42 Å². The maximum Gasteiger partial charge on any atom is 0.0663 e. The Hall–Kier alpha value is 0.907. The number of unbranched alkanes of at least 4 members (excludes halogenated alkanes) is 3. The van der Waals surface area contributed by atoms with Crippen LogP contribution in [0.3, 0.4) is 0 Å². The van der Waals surface area contributed by atoms with Gasteiger partial charge in [0.15, 0.2) is 0 Å². The highest BCUT2D eigenvalue weighted by Crippen LogP contribution is 2.25. The molecular formula is C12H27IOSi. The fourth-order valence-corrected chi connectivity index (χ4v) is 3.78. The summed E-state index contributed by atoms with van der Waals surface area (Å²) in [5.41, 5.74) is 0. The van der Waals surface area contributed by atoms with Gasteiger partial charge in [0.2, 0.25) is 0 Å². The van der Waals surface area contributed by atoms with Crippen molar-refractivity contribution in [3.05, 3.63) is 0 Å². The van der Waals surface area contributed by atoms with Crippen LogP contribution in [0.15, 0.2) is 0 Å². The first-order chi connectivity index (χ1) is 6.93. The van der Waals surface area contributed by atoms with Crippen molar-refractivity contribution in [1.82, 2.24) is 0 Å². The molecule has 1 nitrogen and oxygen atoms in total. The quantitative estimate of drug-likeness (QED) is 0.270. The number of methoxy groups -OCH3 is 1. The second kappa shape index (κ2) is 8.07. The number of halogens is 1. The SMILES string of the molecule is CCCCCC[C@H](OC)[C@H](I)[Si](C)(C)C. The van der Waals surface area contributed by atoms with Crippen molar-refractivity contribution >= 4 is 30.7 Å². The minimum atomic E-state index is -1.05. The van der Waals surface area contributed by atoms with Crippen LogP contribution in [0.4, 0.5) is 0 Å². The lowest BCUT2D eigenvalue weighted by Crippen LogP contribution is -2.43. The average molecular weight is 342 g/mol. The zero-order chi connectivity index (χ0) is 11.9. The van der Waals surface area contributed by atoms with Gasteiger partial charge in [0.05, 0.1) is 14.2 Å². The standard InChI is InChI=1S/C12H27IOSi/c1-6-7-8-9-10-11(14-2)12(13)15(3,4)5/h11-12H,6-10H2,1-5H3/t11-,12+/m0/s1. The fourth-order valence-electron chi connectivity index (χ4n) is 1.71. The summed E-state index contributed by atoms with van der Waals surface area (Å²) in [4.78, 5) is 0. The number of hydrogen-bond donors (Lipinski definition) is 0. The maximum absolute atomic E-state index is 5.65. The number of rotatable bonds is 8. The van der Waals surface area contributed by atoms with Crippen LogP contribution in [0.25, 0.3) is 0 Å². The van der Waals surface area contributed by atoms with Crippen LogP contribution in [0, 0.1) is 0 Å². The molecule has 0 N–H and O–H groups in total. The molecule has 0 radical (unpaired) electrons. The van der Waals surface area contributed by atoms with Crippen molar-refractivity contribution in [2.45, 2.75) is 68.3 Å². The van der Waals surface area contributed by atoms with Gasteiger partial charge in [0, 0.05) is 10.7 Å². The minimum absolute atomic E-state index is 0.481. The van der Waals surface area contributed by atoms with Crippen LogP contribution < -0.4 is 0 Å². The summed E-state index contributed by atoms with van der Waals surface area (Å²) in [7, 11) is 0.820. The molecule has 0 aliphatic heterocycles. The van der Waals surface area contributed by atoms with Gasteiger partial charge >= 0.3 is 0 Å². The van der Waals surface area contributed by atoms with E-state index in [0.717, 1.165) is 3.55 Å². The predicted octanol–water partition coefficient (Wildman–Crippen LogP) is 4.65. The topological polar surface area (TPSA) is 9.23 Å². The summed E-state index contributed by atoms with van der Waals surface area (Å²) in [6.07, 6.45) is 7.11. The highest BCUT2D eigenvalue weighted by atomic mass is 127. The van der Waals surface area contributed by atoms with Crippen molar-refractivity contribution < 1.29 is 4.74 Å². The Morgan fingerprint density at radius 2 is 1.73 bits per heavy atom. The van der Waals surface area contributed by atoms with Crippen LogP contribution in [0.1, 0.15) is 39.0 Å². The van der Waals surface area contributed by atoms with E-state index in [1.54, 1.807) is 0 Å². The van der Waals surface area contributed by atoms with Crippen LogP contribution >= 0.6 is 22.6 Å². The lowest BCUT2D eigenvalue weighted by molar-refractivity contribution is 0.106. The molecule has 92 valence electrons. The van der Waals surface area contributed by atoms with Crippen molar-refractivity contribution in [3.8, 4) is 0 Å². The van der Waals surface area contributed by atoms with E-state index in [0.29, 0.717) is 6.10 Å². The normalized spacial score (nSPS) is 16.4. The average Bonchev–Trinajstić information content (AvgIpc) is 2.16. The summed E-state index contributed by atoms with van der Waals surface area (Å²) in [5, 5.41) is 0. The molecule has 0 aromatic carbocycles. The third-order valence-electron chi connectivity index (χ3n) is 2.80. The first-order valence-electron chi connectivity index (χ1n) is 6.10. The lowest BCUT2D eigenvalue weighted by Gasteiger charge is -2.30. The van der Waals surface area contributed by atoms with Crippen molar-refractivity contribution in [1.29, 1.82) is 0 Å². The van der Waals surface area contributed by atoms with Crippen molar-refractivity contribution in [3.63, 3.8) is 0 Å². The summed E-state index contributed by atoms with van der Waals surface area (Å²) in [6, 6.07) is 0. The second-order valence-corrected chi connectivity index (χ2v) is 13.3. The Balaban J connectivity index is 3.91. The van der Waals surface area contributed by atoms with Gasteiger partial charge in [-0.25, -0.2) is 0 Å². The molecule has 0 aliphatic carbocycles. The maximum atomic E-state index is 5.65. The molecule has 0 rings (SSSR count). The molecule has 3 heteroatoms. The van der Waals surface area contributed by atoms with E-state index in [1.165, 1.54) is 32.1 Å². The second-order valence-electron chi connectivity index (χ2n) is 5.39. The van der Waals surface area contributed by atoms with E-state index in [2.05, 4.69) is 49.2 Å². The lowest BCUT2D eigenvalue weighted by atomic mass is 10.1. The summed E-state index contributed by atoms with van der Waals surface area (Å²) >= 11 is 2.61. The van der Waals surface area contributed by atoms with Gasteiger partial charge in [0.1, 0.15) is 0 Å². The van der Waals surface area contributed by atoms with Gasteiger partial charge < -0.3 is 4.74 Å². The Bertz CT molecular complexity index is 156. The van der Waals surface area contributed by atoms with E-state index in [-0.39, 0.29) is 0 Å². The first kappa shape index (κ1) is 15.9. The van der Waals surface area contributed by atoms with Gasteiger partial charge in [-0.15, -0.1) is 0 Å². The number of hydrogen-bond acceptors (Lipinski definition) is 1. The largest absolute Gasteiger partial charge is 0.381 e. The zero-order valence-corrected chi connectivity index (χ0v) is 14.1. The van der Waals surface area contributed by atoms with Crippen LogP contribution in [-0.4, -0.2) is 24.8 Å². The van der Waals surface area contributed by atoms with Gasteiger partial charge in [-0.1, -0.05) is 74.8 Å². The molecule has 0 amide bonds. The monoisotopic (exact) mass is 342 g/mol. The molecule has 0 heterocycles. The molecule has 0 fully saturated rings.